The zero-order valence-electron chi connectivity index (χ0n) is 13.4. The van der Waals surface area contributed by atoms with Crippen LogP contribution in [0.5, 0.6) is 0 Å². The van der Waals surface area contributed by atoms with Gasteiger partial charge < -0.3 is 10.1 Å². The van der Waals surface area contributed by atoms with E-state index in [4.69, 9.17) is 4.74 Å². The Morgan fingerprint density at radius 2 is 2.23 bits per heavy atom. The Bertz CT molecular complexity index is 554. The number of carbonyl (C=O) groups is 2. The second kappa shape index (κ2) is 8.02. The first-order valence-electron chi connectivity index (χ1n) is 7.67. The second-order valence-corrected chi connectivity index (χ2v) is 7.66. The van der Waals surface area contributed by atoms with E-state index in [-0.39, 0.29) is 11.9 Å². The first-order chi connectivity index (χ1) is 10.6. The molecule has 1 N–H and O–H groups in total. The molecule has 1 aromatic rings. The van der Waals surface area contributed by atoms with Gasteiger partial charge in [0, 0.05) is 17.1 Å². The number of anilines is 1. The third-order valence-electron chi connectivity index (χ3n) is 3.78. The monoisotopic (exact) mass is 341 g/mol. The van der Waals surface area contributed by atoms with Crippen LogP contribution in [0.2, 0.25) is 0 Å². The summed E-state index contributed by atoms with van der Waals surface area (Å²) in [5.74, 6) is 1.06. The lowest BCUT2D eigenvalue weighted by Gasteiger charge is -2.18. The molecule has 4 nitrogen and oxygen atoms in total. The van der Waals surface area contributed by atoms with E-state index in [1.54, 1.807) is 30.0 Å². The Balaban J connectivity index is 2.27. The summed E-state index contributed by atoms with van der Waals surface area (Å²) in [4.78, 5) is 25.5. The molecule has 0 saturated carbocycles. The summed E-state index contributed by atoms with van der Waals surface area (Å²) in [5, 5.41) is 3.59. The summed E-state index contributed by atoms with van der Waals surface area (Å²) in [6.07, 6.45) is 5.38. The summed E-state index contributed by atoms with van der Waals surface area (Å²) in [5.41, 5.74) is 1.67. The van der Waals surface area contributed by atoms with E-state index in [2.05, 4.69) is 12.2 Å². The average Bonchev–Trinajstić information content (AvgIpc) is 2.82. The van der Waals surface area contributed by atoms with E-state index >= 15 is 0 Å². The molecule has 0 saturated heterocycles. The maximum Gasteiger partial charge on any atom is 0.341 e. The van der Waals surface area contributed by atoms with Gasteiger partial charge in [0.15, 0.2) is 0 Å². The fourth-order valence-corrected chi connectivity index (χ4v) is 4.45. The van der Waals surface area contributed by atoms with Crippen molar-refractivity contribution >= 4 is 40.0 Å². The lowest BCUT2D eigenvalue weighted by Crippen LogP contribution is -2.16. The lowest BCUT2D eigenvalue weighted by atomic mass is 9.88. The van der Waals surface area contributed by atoms with Crippen molar-refractivity contribution in [3.8, 4) is 0 Å². The van der Waals surface area contributed by atoms with Crippen molar-refractivity contribution in [1.82, 2.24) is 0 Å². The van der Waals surface area contributed by atoms with Crippen LogP contribution in [0.15, 0.2) is 0 Å². The van der Waals surface area contributed by atoms with Crippen LogP contribution in [0, 0.1) is 5.92 Å². The van der Waals surface area contributed by atoms with E-state index in [0.717, 1.165) is 30.6 Å². The molecule has 1 amide bonds. The molecule has 0 aliphatic heterocycles. The minimum absolute atomic E-state index is 0.0356. The predicted octanol–water partition coefficient (Wildman–Crippen LogP) is 3.74. The number of amides is 1. The van der Waals surface area contributed by atoms with E-state index in [0.29, 0.717) is 29.5 Å². The highest BCUT2D eigenvalue weighted by Gasteiger charge is 2.28. The Morgan fingerprint density at radius 1 is 1.45 bits per heavy atom. The van der Waals surface area contributed by atoms with Crippen molar-refractivity contribution in [3.63, 3.8) is 0 Å². The number of rotatable bonds is 6. The number of thioether (sulfide) groups is 1. The molecule has 1 aromatic heterocycles. The molecule has 6 heteroatoms. The highest BCUT2D eigenvalue weighted by atomic mass is 32.2. The number of esters is 1. The average molecular weight is 341 g/mol. The molecule has 2 rings (SSSR count). The van der Waals surface area contributed by atoms with Gasteiger partial charge in [-0.25, -0.2) is 4.79 Å². The Morgan fingerprint density at radius 3 is 2.91 bits per heavy atom. The fourth-order valence-electron chi connectivity index (χ4n) is 2.64. The van der Waals surface area contributed by atoms with Gasteiger partial charge in [0.05, 0.1) is 12.2 Å². The normalized spacial score (nSPS) is 17.0. The fraction of sp³-hybridized carbons (Fsp3) is 0.625. The maximum atomic E-state index is 12.3. The van der Waals surface area contributed by atoms with Crippen LogP contribution in [0.1, 0.15) is 47.5 Å². The first kappa shape index (κ1) is 17.3. The number of hydrogen-bond acceptors (Lipinski definition) is 5. The van der Waals surface area contributed by atoms with Gasteiger partial charge >= 0.3 is 5.97 Å². The minimum atomic E-state index is -0.310. The van der Waals surface area contributed by atoms with Crippen LogP contribution in [0.4, 0.5) is 5.00 Å². The summed E-state index contributed by atoms with van der Waals surface area (Å²) < 4.78 is 5.19. The maximum absolute atomic E-state index is 12.3. The summed E-state index contributed by atoms with van der Waals surface area (Å²) in [6, 6.07) is 0. The van der Waals surface area contributed by atoms with Crippen LogP contribution < -0.4 is 5.32 Å². The largest absolute Gasteiger partial charge is 0.462 e. The molecule has 0 fully saturated rings. The molecule has 0 radical (unpaired) electrons. The Labute approximate surface area is 140 Å². The Kier molecular flexibility index (Phi) is 6.32. The molecule has 0 spiro atoms. The number of ether oxygens (including phenoxy) is 1. The first-order valence-corrected chi connectivity index (χ1v) is 9.88. The number of fused-ring (bicyclic) bond motifs is 1. The van der Waals surface area contributed by atoms with Crippen molar-refractivity contribution < 1.29 is 14.3 Å². The zero-order valence-corrected chi connectivity index (χ0v) is 15.0. The van der Waals surface area contributed by atoms with Crippen LogP contribution >= 0.6 is 23.1 Å². The lowest BCUT2D eigenvalue weighted by molar-refractivity contribution is -0.115. The number of hydrogen-bond donors (Lipinski definition) is 1. The van der Waals surface area contributed by atoms with E-state index in [9.17, 15) is 9.59 Å². The van der Waals surface area contributed by atoms with Crippen molar-refractivity contribution in [1.29, 1.82) is 0 Å². The van der Waals surface area contributed by atoms with Crippen LogP contribution in [-0.4, -0.2) is 30.5 Å². The van der Waals surface area contributed by atoms with Gasteiger partial charge in [-0.05, 0) is 43.9 Å². The number of nitrogens with one attached hydrogen (secondary N) is 1. The van der Waals surface area contributed by atoms with Gasteiger partial charge in [-0.15, -0.1) is 11.3 Å². The standard InChI is InChI=1S/C16H23NO3S2/c1-4-20-16(19)14-11-6-5-10(2)9-12(11)22-15(14)17-13(18)7-8-21-3/h10H,4-9H2,1-3H3,(H,17,18)/t10-/m1/s1. The molecule has 22 heavy (non-hydrogen) atoms. The molecule has 122 valence electrons. The second-order valence-electron chi connectivity index (χ2n) is 5.57. The minimum Gasteiger partial charge on any atom is -0.462 e. The smallest absolute Gasteiger partial charge is 0.341 e. The van der Waals surface area contributed by atoms with Crippen molar-refractivity contribution in [2.45, 2.75) is 39.5 Å². The molecule has 1 heterocycles. The van der Waals surface area contributed by atoms with Crippen molar-refractivity contribution in [2.75, 3.05) is 23.9 Å². The molecule has 0 bridgehead atoms. The summed E-state index contributed by atoms with van der Waals surface area (Å²) in [7, 11) is 0. The highest BCUT2D eigenvalue weighted by Crippen LogP contribution is 2.40. The third kappa shape index (κ3) is 4.04. The van der Waals surface area contributed by atoms with Gasteiger partial charge in [0.2, 0.25) is 5.91 Å². The van der Waals surface area contributed by atoms with Crippen LogP contribution in [-0.2, 0) is 22.4 Å². The van der Waals surface area contributed by atoms with E-state index in [1.165, 1.54) is 4.88 Å². The highest BCUT2D eigenvalue weighted by molar-refractivity contribution is 7.98. The predicted molar refractivity (Wildman–Crippen MR) is 93.1 cm³/mol. The van der Waals surface area contributed by atoms with E-state index in [1.807, 2.05) is 6.26 Å². The third-order valence-corrected chi connectivity index (χ3v) is 5.56. The van der Waals surface area contributed by atoms with Gasteiger partial charge in [0.25, 0.3) is 0 Å². The Hall–Kier alpha value is -1.01. The number of carbonyl (C=O) groups excluding carboxylic acids is 2. The molecular weight excluding hydrogens is 318 g/mol. The molecule has 1 aliphatic rings. The van der Waals surface area contributed by atoms with Crippen LogP contribution in [0.25, 0.3) is 0 Å². The summed E-state index contributed by atoms with van der Waals surface area (Å²) >= 11 is 3.18. The van der Waals surface area contributed by atoms with Crippen molar-refractivity contribution in [2.24, 2.45) is 5.92 Å². The molecule has 1 aliphatic carbocycles. The molecule has 0 aromatic carbocycles. The van der Waals surface area contributed by atoms with Gasteiger partial charge in [-0.2, -0.15) is 11.8 Å². The zero-order chi connectivity index (χ0) is 16.1. The van der Waals surface area contributed by atoms with Crippen molar-refractivity contribution in [3.05, 3.63) is 16.0 Å². The van der Waals surface area contributed by atoms with Gasteiger partial charge in [0.1, 0.15) is 5.00 Å². The van der Waals surface area contributed by atoms with Gasteiger partial charge in [-0.3, -0.25) is 4.79 Å². The quantitative estimate of drug-likeness (QED) is 0.801. The molecular formula is C16H23NO3S2. The number of thiophene rings is 1. The topological polar surface area (TPSA) is 55.4 Å². The van der Waals surface area contributed by atoms with E-state index < -0.39 is 0 Å². The summed E-state index contributed by atoms with van der Waals surface area (Å²) in [6.45, 7) is 4.37. The molecule has 0 unspecified atom stereocenters. The van der Waals surface area contributed by atoms with Crippen LogP contribution in [0.3, 0.4) is 0 Å². The van der Waals surface area contributed by atoms with Gasteiger partial charge in [-0.1, -0.05) is 6.92 Å². The SMILES string of the molecule is CCOC(=O)c1c(NC(=O)CCSC)sc2c1CC[C@@H](C)C2. The molecule has 1 atom stereocenters.